The SMILES string of the molecule is C=C/C=C\C(=C/C)OCc1cccc(OCc2c(-c3c(Cl)cccc3Cl)noc2C(C)C)c1. The fourth-order valence-electron chi connectivity index (χ4n) is 3.27. The normalized spacial score (nSPS) is 11.9. The predicted octanol–water partition coefficient (Wildman–Crippen LogP) is 8.51. The molecule has 0 atom stereocenters. The monoisotopic (exact) mass is 483 g/mol. The molecule has 3 aromatic rings. The highest BCUT2D eigenvalue weighted by atomic mass is 35.5. The van der Waals surface area contributed by atoms with E-state index in [0.29, 0.717) is 33.7 Å². The van der Waals surface area contributed by atoms with Crippen LogP contribution in [0.3, 0.4) is 0 Å². The van der Waals surface area contributed by atoms with E-state index in [-0.39, 0.29) is 12.5 Å². The third-order valence-electron chi connectivity index (χ3n) is 4.91. The third kappa shape index (κ3) is 6.31. The Morgan fingerprint density at radius 1 is 1.12 bits per heavy atom. The summed E-state index contributed by atoms with van der Waals surface area (Å²) in [4.78, 5) is 0. The Balaban J connectivity index is 1.80. The van der Waals surface area contributed by atoms with Crippen LogP contribution in [0.5, 0.6) is 5.75 Å². The summed E-state index contributed by atoms with van der Waals surface area (Å²) in [5.74, 6) is 2.35. The van der Waals surface area contributed by atoms with Crippen molar-refractivity contribution in [3.8, 4) is 17.0 Å². The molecule has 0 aliphatic rings. The van der Waals surface area contributed by atoms with Gasteiger partial charge in [0.25, 0.3) is 0 Å². The van der Waals surface area contributed by atoms with Gasteiger partial charge in [-0.1, -0.05) is 79.1 Å². The van der Waals surface area contributed by atoms with E-state index in [0.717, 1.165) is 22.6 Å². The van der Waals surface area contributed by atoms with E-state index in [1.165, 1.54) is 0 Å². The van der Waals surface area contributed by atoms with Gasteiger partial charge in [-0.3, -0.25) is 0 Å². The third-order valence-corrected chi connectivity index (χ3v) is 5.54. The Bertz CT molecular complexity index is 1140. The molecule has 33 heavy (non-hydrogen) atoms. The van der Waals surface area contributed by atoms with Crippen LogP contribution in [0.1, 0.15) is 43.6 Å². The van der Waals surface area contributed by atoms with E-state index in [9.17, 15) is 0 Å². The van der Waals surface area contributed by atoms with Crippen LogP contribution in [0.25, 0.3) is 11.3 Å². The van der Waals surface area contributed by atoms with Gasteiger partial charge in [0.05, 0.1) is 15.6 Å². The first-order chi connectivity index (χ1) is 15.9. The maximum absolute atomic E-state index is 6.43. The van der Waals surface area contributed by atoms with Gasteiger partial charge >= 0.3 is 0 Å². The first-order valence-corrected chi connectivity index (χ1v) is 11.4. The van der Waals surface area contributed by atoms with Crippen molar-refractivity contribution in [3.05, 3.63) is 106 Å². The number of ether oxygens (including phenoxy) is 2. The topological polar surface area (TPSA) is 44.5 Å². The zero-order valence-electron chi connectivity index (χ0n) is 19.0. The van der Waals surface area contributed by atoms with Gasteiger partial charge in [0.2, 0.25) is 0 Å². The number of hydrogen-bond acceptors (Lipinski definition) is 4. The molecule has 0 unspecified atom stereocenters. The molecule has 2 aromatic carbocycles. The summed E-state index contributed by atoms with van der Waals surface area (Å²) in [5.41, 5.74) is 3.05. The highest BCUT2D eigenvalue weighted by Gasteiger charge is 2.23. The minimum absolute atomic E-state index is 0.119. The first kappa shape index (κ1) is 24.7. The molecule has 0 spiro atoms. The van der Waals surface area contributed by atoms with Crippen molar-refractivity contribution >= 4 is 23.2 Å². The average molecular weight is 484 g/mol. The van der Waals surface area contributed by atoms with Gasteiger partial charge in [-0.2, -0.15) is 0 Å². The Labute approximate surface area is 205 Å². The van der Waals surface area contributed by atoms with E-state index in [1.807, 2.05) is 63.3 Å². The molecule has 3 rings (SSSR count). The molecule has 1 heterocycles. The molecule has 0 aliphatic carbocycles. The molecule has 0 saturated carbocycles. The van der Waals surface area contributed by atoms with Crippen LogP contribution in [0, 0.1) is 0 Å². The van der Waals surface area contributed by atoms with Crippen LogP contribution in [0.15, 0.2) is 83.6 Å². The number of aromatic nitrogens is 1. The second-order valence-electron chi connectivity index (χ2n) is 7.64. The van der Waals surface area contributed by atoms with E-state index < -0.39 is 0 Å². The average Bonchev–Trinajstić information content (AvgIpc) is 3.22. The second-order valence-corrected chi connectivity index (χ2v) is 8.45. The minimum Gasteiger partial charge on any atom is -0.489 e. The molecule has 1 aromatic heterocycles. The smallest absolute Gasteiger partial charge is 0.146 e. The predicted molar refractivity (Wildman–Crippen MR) is 135 cm³/mol. The summed E-state index contributed by atoms with van der Waals surface area (Å²) in [6, 6.07) is 13.1. The van der Waals surface area contributed by atoms with Crippen LogP contribution in [-0.4, -0.2) is 5.16 Å². The van der Waals surface area contributed by atoms with Crippen molar-refractivity contribution in [1.29, 1.82) is 0 Å². The van der Waals surface area contributed by atoms with Gasteiger partial charge in [-0.15, -0.1) is 0 Å². The quantitative estimate of drug-likeness (QED) is 0.214. The lowest BCUT2D eigenvalue weighted by atomic mass is 10.0. The molecule has 0 radical (unpaired) electrons. The van der Waals surface area contributed by atoms with E-state index in [2.05, 4.69) is 11.7 Å². The van der Waals surface area contributed by atoms with E-state index in [1.54, 1.807) is 24.3 Å². The molecule has 6 heteroatoms. The molecular formula is C27H27Cl2NO3. The Hall–Kier alpha value is -2.95. The molecule has 0 amide bonds. The fourth-order valence-corrected chi connectivity index (χ4v) is 3.85. The standard InChI is InChI=1S/C27H27Cl2NO3/c1-5-7-11-20(6-2)31-16-19-10-8-12-21(15-19)32-17-22-26(30-33-27(22)18(3)4)25-23(28)13-9-14-24(25)29/h5-15,18H,1,16-17H2,2-4H3/b11-7-,20-6+. The second kappa shape index (κ2) is 11.8. The van der Waals surface area contributed by atoms with Crippen molar-refractivity contribution in [3.63, 3.8) is 0 Å². The van der Waals surface area contributed by atoms with Crippen LogP contribution in [-0.2, 0) is 18.0 Å². The fraction of sp³-hybridized carbons (Fsp3) is 0.222. The summed E-state index contributed by atoms with van der Waals surface area (Å²) in [5, 5.41) is 5.30. The molecule has 172 valence electrons. The van der Waals surface area contributed by atoms with Crippen LogP contribution < -0.4 is 4.74 Å². The summed E-state index contributed by atoms with van der Waals surface area (Å²) in [7, 11) is 0. The van der Waals surface area contributed by atoms with Crippen molar-refractivity contribution in [2.24, 2.45) is 0 Å². The number of halogens is 2. The van der Waals surface area contributed by atoms with Crippen molar-refractivity contribution in [2.75, 3.05) is 0 Å². The Morgan fingerprint density at radius 2 is 1.85 bits per heavy atom. The van der Waals surface area contributed by atoms with Crippen molar-refractivity contribution < 1.29 is 14.0 Å². The maximum Gasteiger partial charge on any atom is 0.146 e. The minimum atomic E-state index is 0.119. The Morgan fingerprint density at radius 3 is 2.52 bits per heavy atom. The van der Waals surface area contributed by atoms with Crippen LogP contribution >= 0.6 is 23.2 Å². The number of nitrogens with zero attached hydrogens (tertiary/aromatic N) is 1. The summed E-state index contributed by atoms with van der Waals surface area (Å²) >= 11 is 12.9. The highest BCUT2D eigenvalue weighted by molar-refractivity contribution is 6.39. The lowest BCUT2D eigenvalue weighted by molar-refractivity contribution is 0.210. The molecule has 0 aliphatic heterocycles. The van der Waals surface area contributed by atoms with Gasteiger partial charge in [0.1, 0.15) is 36.2 Å². The van der Waals surface area contributed by atoms with E-state index >= 15 is 0 Å². The first-order valence-electron chi connectivity index (χ1n) is 10.7. The van der Waals surface area contributed by atoms with Gasteiger partial charge in [-0.25, -0.2) is 0 Å². The van der Waals surface area contributed by atoms with Crippen LogP contribution in [0.2, 0.25) is 10.0 Å². The zero-order chi connectivity index (χ0) is 23.8. The lowest BCUT2D eigenvalue weighted by Crippen LogP contribution is -2.02. The van der Waals surface area contributed by atoms with Gasteiger partial charge in [-0.05, 0) is 48.9 Å². The van der Waals surface area contributed by atoms with Crippen molar-refractivity contribution in [1.82, 2.24) is 5.16 Å². The highest BCUT2D eigenvalue weighted by Crippen LogP contribution is 2.38. The van der Waals surface area contributed by atoms with Crippen LogP contribution in [0.4, 0.5) is 0 Å². The van der Waals surface area contributed by atoms with Gasteiger partial charge in [0, 0.05) is 11.5 Å². The molecule has 0 bridgehead atoms. The number of benzene rings is 2. The van der Waals surface area contributed by atoms with Gasteiger partial charge < -0.3 is 14.0 Å². The van der Waals surface area contributed by atoms with E-state index in [4.69, 9.17) is 37.2 Å². The number of hydrogen-bond donors (Lipinski definition) is 0. The number of rotatable bonds is 10. The van der Waals surface area contributed by atoms with Gasteiger partial charge in [0.15, 0.2) is 0 Å². The molecule has 4 nitrogen and oxygen atoms in total. The van der Waals surface area contributed by atoms with Crippen molar-refractivity contribution in [2.45, 2.75) is 39.9 Å². The molecule has 0 N–H and O–H groups in total. The zero-order valence-corrected chi connectivity index (χ0v) is 20.5. The molecule has 0 fully saturated rings. The summed E-state index contributed by atoms with van der Waals surface area (Å²) in [6.45, 7) is 10.4. The Kier molecular flexibility index (Phi) is 8.81. The maximum atomic E-state index is 6.43. The lowest BCUT2D eigenvalue weighted by Gasteiger charge is -2.12. The largest absolute Gasteiger partial charge is 0.489 e. The summed E-state index contributed by atoms with van der Waals surface area (Å²) in [6.07, 6.45) is 7.32. The summed E-state index contributed by atoms with van der Waals surface area (Å²) < 4.78 is 17.6. The number of allylic oxidation sites excluding steroid dienone is 4. The molecule has 0 saturated heterocycles. The molecular weight excluding hydrogens is 457 g/mol.